The van der Waals surface area contributed by atoms with Crippen molar-refractivity contribution in [1.82, 2.24) is 9.38 Å². The molecule has 4 rings (SSSR count). The predicted molar refractivity (Wildman–Crippen MR) is 69.4 cm³/mol. The molecule has 2 saturated heterocycles. The number of carboxylic acid groups (broad SMARTS) is 1. The Hall–Kier alpha value is -1.40. The van der Waals surface area contributed by atoms with Gasteiger partial charge in [0.15, 0.2) is 4.96 Å². The van der Waals surface area contributed by atoms with E-state index in [1.54, 1.807) is 11.3 Å². The number of aromatic nitrogens is 2. The molecule has 5 nitrogen and oxygen atoms in total. The molecule has 2 aliphatic rings. The van der Waals surface area contributed by atoms with Crippen molar-refractivity contribution in [3.63, 3.8) is 0 Å². The van der Waals surface area contributed by atoms with Gasteiger partial charge in [0, 0.05) is 24.2 Å². The number of imidazole rings is 1. The van der Waals surface area contributed by atoms with Gasteiger partial charge < -0.3 is 9.84 Å². The molecule has 2 aromatic rings. The number of hydrogen-bond donors (Lipinski definition) is 1. The minimum absolute atomic E-state index is 0.129. The van der Waals surface area contributed by atoms with Crippen LogP contribution < -0.4 is 0 Å². The minimum atomic E-state index is -0.771. The maximum absolute atomic E-state index is 11.8. The molecule has 19 heavy (non-hydrogen) atoms. The molecule has 0 saturated carbocycles. The first kappa shape index (κ1) is 11.4. The Labute approximate surface area is 113 Å². The predicted octanol–water partition coefficient (Wildman–Crippen LogP) is 1.96. The number of aliphatic carboxylic acids is 1. The molecular formula is C13H14N2O3S. The monoisotopic (exact) mass is 278 g/mol. The molecule has 2 aromatic heterocycles. The first-order chi connectivity index (χ1) is 9.17. The van der Waals surface area contributed by atoms with Gasteiger partial charge in [-0.1, -0.05) is 0 Å². The maximum Gasteiger partial charge on any atom is 0.312 e. The summed E-state index contributed by atoms with van der Waals surface area (Å²) in [5.74, 6) is -0.740. The van der Waals surface area contributed by atoms with E-state index >= 15 is 0 Å². The summed E-state index contributed by atoms with van der Waals surface area (Å²) < 4.78 is 7.71. The number of nitrogens with zero attached hydrogens (tertiary/aromatic N) is 2. The molecule has 3 unspecified atom stereocenters. The molecule has 3 atom stereocenters. The largest absolute Gasteiger partial charge is 0.481 e. The highest BCUT2D eigenvalue weighted by atomic mass is 32.1. The van der Waals surface area contributed by atoms with Crippen LogP contribution in [0.25, 0.3) is 4.96 Å². The Morgan fingerprint density at radius 3 is 3.16 bits per heavy atom. The first-order valence-corrected chi connectivity index (χ1v) is 7.35. The van der Waals surface area contributed by atoms with Crippen LogP contribution in [0.5, 0.6) is 0 Å². The highest BCUT2D eigenvalue weighted by molar-refractivity contribution is 7.15. The van der Waals surface area contributed by atoms with Crippen molar-refractivity contribution in [3.8, 4) is 0 Å². The van der Waals surface area contributed by atoms with Gasteiger partial charge in [-0.3, -0.25) is 9.20 Å². The standard InChI is InChI=1S/C13H14N2O3S/c16-11(17)13(6-9-1-2-10(13)18-9)5-8-7-15-3-4-19-12(15)14-8/h3-4,7,9-10H,1-2,5-6H2,(H,16,17). The summed E-state index contributed by atoms with van der Waals surface area (Å²) in [5.41, 5.74) is 0.0813. The first-order valence-electron chi connectivity index (χ1n) is 6.47. The number of rotatable bonds is 3. The zero-order valence-electron chi connectivity index (χ0n) is 10.3. The van der Waals surface area contributed by atoms with Crippen LogP contribution in [0.3, 0.4) is 0 Å². The highest BCUT2D eigenvalue weighted by Gasteiger charge is 2.57. The maximum atomic E-state index is 11.8. The van der Waals surface area contributed by atoms with Crippen molar-refractivity contribution >= 4 is 22.3 Å². The number of carboxylic acids is 1. The van der Waals surface area contributed by atoms with Crippen LogP contribution in [0.1, 0.15) is 25.0 Å². The number of carbonyl (C=O) groups is 1. The van der Waals surface area contributed by atoms with E-state index < -0.39 is 11.4 Å². The van der Waals surface area contributed by atoms with Crippen molar-refractivity contribution in [1.29, 1.82) is 0 Å². The van der Waals surface area contributed by atoms with E-state index in [0.717, 1.165) is 23.5 Å². The minimum Gasteiger partial charge on any atom is -0.481 e. The third-order valence-electron chi connectivity index (χ3n) is 4.38. The summed E-state index contributed by atoms with van der Waals surface area (Å²) in [5, 5.41) is 11.6. The lowest BCUT2D eigenvalue weighted by Crippen LogP contribution is -2.42. The van der Waals surface area contributed by atoms with E-state index in [2.05, 4.69) is 4.98 Å². The molecule has 1 N–H and O–H groups in total. The van der Waals surface area contributed by atoms with Gasteiger partial charge in [-0.15, -0.1) is 11.3 Å². The Morgan fingerprint density at radius 1 is 1.63 bits per heavy atom. The molecule has 0 aromatic carbocycles. The molecule has 0 spiro atoms. The van der Waals surface area contributed by atoms with E-state index in [9.17, 15) is 9.90 Å². The molecule has 0 radical (unpaired) electrons. The van der Waals surface area contributed by atoms with Gasteiger partial charge in [-0.2, -0.15) is 0 Å². The molecule has 0 aliphatic carbocycles. The lowest BCUT2D eigenvalue weighted by molar-refractivity contribution is -0.152. The molecular weight excluding hydrogens is 264 g/mol. The summed E-state index contributed by atoms with van der Waals surface area (Å²) in [4.78, 5) is 17.2. The third kappa shape index (κ3) is 1.56. The Bertz CT molecular complexity index is 621. The second-order valence-corrected chi connectivity index (χ2v) is 6.36. The zero-order chi connectivity index (χ0) is 13.0. The van der Waals surface area contributed by atoms with Crippen molar-refractivity contribution in [2.45, 2.75) is 37.9 Å². The van der Waals surface area contributed by atoms with Crippen molar-refractivity contribution in [2.24, 2.45) is 5.41 Å². The molecule has 0 amide bonds. The molecule has 6 heteroatoms. The Morgan fingerprint density at radius 2 is 2.53 bits per heavy atom. The fourth-order valence-corrected chi connectivity index (χ4v) is 4.19. The summed E-state index contributed by atoms with van der Waals surface area (Å²) in [6.07, 6.45) is 6.82. The topological polar surface area (TPSA) is 63.8 Å². The molecule has 2 bridgehead atoms. The van der Waals surface area contributed by atoms with Crippen LogP contribution in [0.15, 0.2) is 17.8 Å². The highest BCUT2D eigenvalue weighted by Crippen LogP contribution is 2.49. The Kier molecular flexibility index (Phi) is 2.29. The fraction of sp³-hybridized carbons (Fsp3) is 0.538. The summed E-state index contributed by atoms with van der Waals surface area (Å²) in [6.45, 7) is 0. The van der Waals surface area contributed by atoms with Gasteiger partial charge in [0.25, 0.3) is 0 Å². The number of hydrogen-bond acceptors (Lipinski definition) is 4. The zero-order valence-corrected chi connectivity index (χ0v) is 11.1. The quantitative estimate of drug-likeness (QED) is 0.932. The smallest absolute Gasteiger partial charge is 0.312 e. The molecule has 2 fully saturated rings. The Balaban J connectivity index is 1.69. The molecule has 2 aliphatic heterocycles. The SMILES string of the molecule is O=C(O)C1(Cc2cn3ccsc3n2)CC2CCC1O2. The third-order valence-corrected chi connectivity index (χ3v) is 5.15. The van der Waals surface area contributed by atoms with Crippen LogP contribution in [0.2, 0.25) is 0 Å². The lowest BCUT2D eigenvalue weighted by Gasteiger charge is -2.30. The summed E-state index contributed by atoms with van der Waals surface area (Å²) in [6, 6.07) is 0. The van der Waals surface area contributed by atoms with Crippen LogP contribution in [0, 0.1) is 5.41 Å². The molecule has 4 heterocycles. The van der Waals surface area contributed by atoms with E-state index in [4.69, 9.17) is 4.74 Å². The van der Waals surface area contributed by atoms with E-state index in [-0.39, 0.29) is 12.2 Å². The summed E-state index contributed by atoms with van der Waals surface area (Å²) >= 11 is 1.56. The van der Waals surface area contributed by atoms with Crippen molar-refractivity contribution in [3.05, 3.63) is 23.5 Å². The second kappa shape index (κ2) is 3.80. The number of fused-ring (bicyclic) bond motifs is 3. The fourth-order valence-electron chi connectivity index (χ4n) is 3.47. The van der Waals surface area contributed by atoms with E-state index in [1.807, 2.05) is 22.2 Å². The second-order valence-electron chi connectivity index (χ2n) is 5.49. The average molecular weight is 278 g/mol. The van der Waals surface area contributed by atoms with Crippen LogP contribution >= 0.6 is 11.3 Å². The lowest BCUT2D eigenvalue weighted by atomic mass is 9.71. The number of ether oxygens (including phenoxy) is 1. The van der Waals surface area contributed by atoms with Gasteiger partial charge >= 0.3 is 5.97 Å². The van der Waals surface area contributed by atoms with Crippen LogP contribution in [0.4, 0.5) is 0 Å². The van der Waals surface area contributed by atoms with Crippen LogP contribution in [-0.4, -0.2) is 32.7 Å². The van der Waals surface area contributed by atoms with Crippen molar-refractivity contribution in [2.75, 3.05) is 0 Å². The van der Waals surface area contributed by atoms with Crippen LogP contribution in [-0.2, 0) is 16.0 Å². The average Bonchev–Trinajstić information content (AvgIpc) is 3.05. The normalized spacial score (nSPS) is 33.3. The van der Waals surface area contributed by atoms with E-state index in [1.165, 1.54) is 0 Å². The molecule has 100 valence electrons. The van der Waals surface area contributed by atoms with Gasteiger partial charge in [0.1, 0.15) is 5.41 Å². The van der Waals surface area contributed by atoms with Gasteiger partial charge in [-0.25, -0.2) is 4.98 Å². The number of thiazole rings is 1. The van der Waals surface area contributed by atoms with Crippen molar-refractivity contribution < 1.29 is 14.6 Å². The van der Waals surface area contributed by atoms with Gasteiger partial charge in [-0.05, 0) is 19.3 Å². The van der Waals surface area contributed by atoms with Gasteiger partial charge in [0.05, 0.1) is 17.9 Å². The summed E-state index contributed by atoms with van der Waals surface area (Å²) in [7, 11) is 0. The van der Waals surface area contributed by atoms with Gasteiger partial charge in [0.2, 0.25) is 0 Å². The van der Waals surface area contributed by atoms with E-state index in [0.29, 0.717) is 12.8 Å².